The molecule has 0 N–H and O–H groups in total. The molecular formula is C23H24O2S2. The average molecular weight is 397 g/mol. The van der Waals surface area contributed by atoms with Crippen LogP contribution in [0, 0.1) is 11.8 Å². The Hall–Kier alpha value is -1.65. The lowest BCUT2D eigenvalue weighted by Gasteiger charge is -2.39. The summed E-state index contributed by atoms with van der Waals surface area (Å²) in [6.07, 6.45) is 1.73. The van der Waals surface area contributed by atoms with Gasteiger partial charge in [0.25, 0.3) is 0 Å². The van der Waals surface area contributed by atoms with Crippen LogP contribution in [0.3, 0.4) is 0 Å². The zero-order valence-corrected chi connectivity index (χ0v) is 17.3. The molecule has 2 aromatic carbocycles. The summed E-state index contributed by atoms with van der Waals surface area (Å²) >= 11 is 3.83. The topological polar surface area (TPSA) is 26.3 Å². The first kappa shape index (κ1) is 18.7. The molecule has 2 nitrogen and oxygen atoms in total. The van der Waals surface area contributed by atoms with E-state index in [-0.39, 0.29) is 21.9 Å². The second-order valence-corrected chi connectivity index (χ2v) is 10.2. The van der Waals surface area contributed by atoms with Gasteiger partial charge in [-0.3, -0.25) is 4.79 Å². The Balaban J connectivity index is 1.84. The van der Waals surface area contributed by atoms with Crippen LogP contribution in [-0.4, -0.2) is 16.7 Å². The van der Waals surface area contributed by atoms with Gasteiger partial charge in [-0.25, -0.2) is 0 Å². The van der Waals surface area contributed by atoms with Gasteiger partial charge in [0.15, 0.2) is 0 Å². The molecule has 1 aliphatic heterocycles. The fourth-order valence-electron chi connectivity index (χ4n) is 4.20. The maximum absolute atomic E-state index is 12.6. The molecular weight excluding hydrogens is 372 g/mol. The lowest BCUT2D eigenvalue weighted by Crippen LogP contribution is -2.38. The van der Waals surface area contributed by atoms with Crippen LogP contribution in [0.15, 0.2) is 81.6 Å². The standard InChI is InChI=1S/C23H24O2S2/c1-16(2)21-15-19-20(13-14-25-22(19)24)23(21,26-17-9-5-3-6-10-17)27-18-11-7-4-8-12-18/h3-12,19-20H,13-15H2,1-2H3/t19-,20+/m0/s1. The maximum atomic E-state index is 12.6. The van der Waals surface area contributed by atoms with Crippen LogP contribution in [0.25, 0.3) is 0 Å². The summed E-state index contributed by atoms with van der Waals surface area (Å²) < 4.78 is 5.26. The number of carbonyl (C=O) groups is 1. The van der Waals surface area contributed by atoms with Gasteiger partial charge in [-0.05, 0) is 56.5 Å². The highest BCUT2D eigenvalue weighted by Crippen LogP contribution is 2.64. The molecule has 0 unspecified atom stereocenters. The SMILES string of the molecule is CC(C)=C1C[C@@H]2C(=O)OCC[C@H]2C1(Sc1ccccc1)Sc1ccccc1. The molecule has 4 rings (SSSR count). The van der Waals surface area contributed by atoms with Crippen LogP contribution in [0.4, 0.5) is 0 Å². The number of ether oxygens (including phenoxy) is 1. The summed E-state index contributed by atoms with van der Waals surface area (Å²) in [5.74, 6) is 0.226. The molecule has 2 aromatic rings. The van der Waals surface area contributed by atoms with E-state index < -0.39 is 0 Å². The van der Waals surface area contributed by atoms with E-state index in [0.29, 0.717) is 6.61 Å². The van der Waals surface area contributed by atoms with Gasteiger partial charge in [-0.2, -0.15) is 0 Å². The molecule has 1 saturated carbocycles. The van der Waals surface area contributed by atoms with Crippen LogP contribution in [-0.2, 0) is 9.53 Å². The van der Waals surface area contributed by atoms with Crippen molar-refractivity contribution in [3.05, 3.63) is 71.8 Å². The highest BCUT2D eigenvalue weighted by molar-refractivity contribution is 8.18. The first-order chi connectivity index (χ1) is 13.1. The lowest BCUT2D eigenvalue weighted by molar-refractivity contribution is -0.155. The lowest BCUT2D eigenvalue weighted by atomic mass is 9.91. The van der Waals surface area contributed by atoms with E-state index >= 15 is 0 Å². The number of hydrogen-bond donors (Lipinski definition) is 0. The van der Waals surface area contributed by atoms with Gasteiger partial charge in [0.1, 0.15) is 0 Å². The zero-order chi connectivity index (χ0) is 18.9. The first-order valence-corrected chi connectivity index (χ1v) is 11.0. The second-order valence-electron chi connectivity index (χ2n) is 7.35. The molecule has 0 radical (unpaired) electrons. The molecule has 2 aliphatic rings. The van der Waals surface area contributed by atoms with Crippen LogP contribution in [0.1, 0.15) is 26.7 Å². The number of carbonyl (C=O) groups excluding carboxylic acids is 1. The van der Waals surface area contributed by atoms with Gasteiger partial charge in [0.2, 0.25) is 0 Å². The minimum atomic E-state index is -0.175. The average Bonchev–Trinajstić information content (AvgIpc) is 2.99. The Bertz CT molecular complexity index is 800. The number of cyclic esters (lactones) is 1. The molecule has 0 bridgehead atoms. The number of thioether (sulfide) groups is 2. The van der Waals surface area contributed by atoms with Gasteiger partial charge in [-0.15, -0.1) is 23.5 Å². The van der Waals surface area contributed by atoms with Gasteiger partial charge in [-0.1, -0.05) is 42.0 Å². The highest BCUT2D eigenvalue weighted by Gasteiger charge is 2.57. The molecule has 27 heavy (non-hydrogen) atoms. The van der Waals surface area contributed by atoms with Crippen molar-refractivity contribution in [2.75, 3.05) is 6.61 Å². The van der Waals surface area contributed by atoms with Gasteiger partial charge in [0.05, 0.1) is 16.6 Å². The minimum Gasteiger partial charge on any atom is -0.465 e. The Labute approximate surface area is 169 Å². The largest absolute Gasteiger partial charge is 0.465 e. The van der Waals surface area contributed by atoms with Gasteiger partial charge >= 0.3 is 5.97 Å². The summed E-state index contributed by atoms with van der Waals surface area (Å²) in [6.45, 7) is 4.90. The highest BCUT2D eigenvalue weighted by atomic mass is 32.2. The monoisotopic (exact) mass is 396 g/mol. The van der Waals surface area contributed by atoms with Gasteiger partial charge < -0.3 is 4.74 Å². The molecule has 1 aliphatic carbocycles. The third-order valence-electron chi connectivity index (χ3n) is 5.42. The van der Waals surface area contributed by atoms with Crippen LogP contribution >= 0.6 is 23.5 Å². The summed E-state index contributed by atoms with van der Waals surface area (Å²) in [6, 6.07) is 21.2. The predicted molar refractivity (Wildman–Crippen MR) is 113 cm³/mol. The van der Waals surface area contributed by atoms with E-state index in [1.165, 1.54) is 20.9 Å². The predicted octanol–water partition coefficient (Wildman–Crippen LogP) is 6.19. The van der Waals surface area contributed by atoms with E-state index in [1.807, 2.05) is 23.5 Å². The van der Waals surface area contributed by atoms with Crippen LogP contribution in [0.5, 0.6) is 0 Å². The maximum Gasteiger partial charge on any atom is 0.309 e. The Morgan fingerprint density at radius 2 is 1.52 bits per heavy atom. The number of benzene rings is 2. The molecule has 4 heteroatoms. The van der Waals surface area contributed by atoms with Crippen molar-refractivity contribution in [3.8, 4) is 0 Å². The summed E-state index contributed by atoms with van der Waals surface area (Å²) in [4.78, 5) is 15.1. The minimum absolute atomic E-state index is 0.0193. The summed E-state index contributed by atoms with van der Waals surface area (Å²) in [5.41, 5.74) is 2.73. The summed E-state index contributed by atoms with van der Waals surface area (Å²) in [7, 11) is 0. The van der Waals surface area contributed by atoms with Crippen LogP contribution < -0.4 is 0 Å². The van der Waals surface area contributed by atoms with Crippen LogP contribution in [0.2, 0.25) is 0 Å². The van der Waals surface area contributed by atoms with E-state index in [1.54, 1.807) is 0 Å². The number of hydrogen-bond acceptors (Lipinski definition) is 4. The van der Waals surface area contributed by atoms with Crippen molar-refractivity contribution in [1.29, 1.82) is 0 Å². The van der Waals surface area contributed by atoms with E-state index in [2.05, 4.69) is 74.5 Å². The normalized spacial score (nSPS) is 23.6. The third-order valence-corrected chi connectivity index (χ3v) is 8.64. The molecule has 2 fully saturated rings. The van der Waals surface area contributed by atoms with Gasteiger partial charge in [0, 0.05) is 15.7 Å². The number of fused-ring (bicyclic) bond motifs is 1. The molecule has 140 valence electrons. The van der Waals surface area contributed by atoms with E-state index in [4.69, 9.17) is 4.74 Å². The smallest absolute Gasteiger partial charge is 0.309 e. The van der Waals surface area contributed by atoms with E-state index in [9.17, 15) is 4.79 Å². The summed E-state index contributed by atoms with van der Waals surface area (Å²) in [5, 5.41) is 0. The number of allylic oxidation sites excluding steroid dienone is 1. The number of esters is 1. The third kappa shape index (κ3) is 3.57. The van der Waals surface area contributed by atoms with Crippen molar-refractivity contribution in [2.45, 2.75) is 40.6 Å². The second kappa shape index (κ2) is 7.76. The molecule has 0 amide bonds. The van der Waals surface area contributed by atoms with Crippen molar-refractivity contribution in [1.82, 2.24) is 0 Å². The van der Waals surface area contributed by atoms with E-state index in [0.717, 1.165) is 12.8 Å². The molecule has 1 heterocycles. The molecule has 0 aromatic heterocycles. The Kier molecular flexibility index (Phi) is 5.38. The first-order valence-electron chi connectivity index (χ1n) is 9.42. The molecule has 2 atom stereocenters. The number of rotatable bonds is 4. The van der Waals surface area contributed by atoms with Crippen molar-refractivity contribution in [2.24, 2.45) is 11.8 Å². The Morgan fingerprint density at radius 1 is 0.963 bits per heavy atom. The Morgan fingerprint density at radius 3 is 2.04 bits per heavy atom. The van der Waals surface area contributed by atoms with Crippen molar-refractivity contribution < 1.29 is 9.53 Å². The van der Waals surface area contributed by atoms with Crippen molar-refractivity contribution >= 4 is 29.5 Å². The quantitative estimate of drug-likeness (QED) is 0.350. The fourth-order valence-corrected chi connectivity index (χ4v) is 7.92. The fraction of sp³-hybridized carbons (Fsp3) is 0.348. The zero-order valence-electron chi connectivity index (χ0n) is 15.7. The van der Waals surface area contributed by atoms with Crippen molar-refractivity contribution in [3.63, 3.8) is 0 Å². The molecule has 0 spiro atoms. The molecule has 1 saturated heterocycles.